The molecular formula is C16H16BrFO3. The summed E-state index contributed by atoms with van der Waals surface area (Å²) in [7, 11) is 3.03. The molecule has 2 rings (SSSR count). The van der Waals surface area contributed by atoms with E-state index in [1.54, 1.807) is 7.11 Å². The number of hydrogen-bond donors (Lipinski definition) is 1. The topological polar surface area (TPSA) is 38.7 Å². The van der Waals surface area contributed by atoms with E-state index in [4.69, 9.17) is 9.47 Å². The minimum atomic E-state index is -0.826. The summed E-state index contributed by atoms with van der Waals surface area (Å²) < 4.78 is 24.2. The quantitative estimate of drug-likeness (QED) is 0.885. The van der Waals surface area contributed by atoms with Gasteiger partial charge in [-0.15, -0.1) is 0 Å². The molecule has 3 nitrogen and oxygen atoms in total. The Morgan fingerprint density at radius 3 is 2.48 bits per heavy atom. The summed E-state index contributed by atoms with van der Waals surface area (Å²) in [6.45, 7) is 0. The van der Waals surface area contributed by atoms with E-state index in [-0.39, 0.29) is 4.47 Å². The molecule has 0 heterocycles. The van der Waals surface area contributed by atoms with Crippen molar-refractivity contribution in [2.45, 2.75) is 12.5 Å². The van der Waals surface area contributed by atoms with Gasteiger partial charge in [0.25, 0.3) is 0 Å². The number of benzene rings is 2. The van der Waals surface area contributed by atoms with Crippen molar-refractivity contribution in [1.82, 2.24) is 0 Å². The van der Waals surface area contributed by atoms with Crippen LogP contribution in [0.5, 0.6) is 11.5 Å². The predicted molar refractivity (Wildman–Crippen MR) is 82.3 cm³/mol. The number of rotatable bonds is 5. The lowest BCUT2D eigenvalue weighted by atomic mass is 10.00. The smallest absolute Gasteiger partial charge is 0.141 e. The predicted octanol–water partition coefficient (Wildman–Crippen LogP) is 3.88. The zero-order chi connectivity index (χ0) is 15.4. The fourth-order valence-corrected chi connectivity index (χ4v) is 2.53. The van der Waals surface area contributed by atoms with Crippen molar-refractivity contribution >= 4 is 15.9 Å². The molecule has 0 radical (unpaired) electrons. The largest absolute Gasteiger partial charge is 0.496 e. The third-order valence-corrected chi connectivity index (χ3v) is 3.85. The maximum Gasteiger partial charge on any atom is 0.141 e. The molecule has 2 aromatic rings. The maximum atomic E-state index is 13.5. The number of methoxy groups -OCH3 is 2. The van der Waals surface area contributed by atoms with Gasteiger partial charge in [0.1, 0.15) is 17.3 Å². The van der Waals surface area contributed by atoms with E-state index in [0.29, 0.717) is 23.5 Å². The van der Waals surface area contributed by atoms with Gasteiger partial charge in [-0.05, 0) is 33.6 Å². The molecule has 112 valence electrons. The summed E-state index contributed by atoms with van der Waals surface area (Å²) in [6, 6.07) is 10.2. The Bertz CT molecular complexity index is 631. The molecule has 0 aromatic heterocycles. The first-order valence-corrected chi connectivity index (χ1v) is 7.19. The van der Waals surface area contributed by atoms with Crippen LogP contribution in [0.2, 0.25) is 0 Å². The molecule has 0 saturated heterocycles. The van der Waals surface area contributed by atoms with Crippen molar-refractivity contribution < 1.29 is 19.0 Å². The Morgan fingerprint density at radius 1 is 1.14 bits per heavy atom. The first-order valence-electron chi connectivity index (χ1n) is 6.39. The molecule has 0 aliphatic carbocycles. The maximum absolute atomic E-state index is 13.5. The molecule has 5 heteroatoms. The van der Waals surface area contributed by atoms with Crippen LogP contribution in [0, 0.1) is 5.82 Å². The summed E-state index contributed by atoms with van der Waals surface area (Å²) in [5.41, 5.74) is 1.40. The highest BCUT2D eigenvalue weighted by atomic mass is 79.9. The first-order chi connectivity index (χ1) is 10.1. The Balaban J connectivity index is 2.32. The minimum absolute atomic E-state index is 0.289. The second-order valence-corrected chi connectivity index (χ2v) is 5.39. The lowest BCUT2D eigenvalue weighted by Crippen LogP contribution is -2.06. The molecule has 0 fully saturated rings. The Labute approximate surface area is 131 Å². The van der Waals surface area contributed by atoms with Crippen LogP contribution in [0.25, 0.3) is 0 Å². The van der Waals surface area contributed by atoms with Gasteiger partial charge < -0.3 is 14.6 Å². The van der Waals surface area contributed by atoms with Gasteiger partial charge in [0.2, 0.25) is 0 Å². The number of ether oxygens (including phenoxy) is 2. The fraction of sp³-hybridized carbons (Fsp3) is 0.250. The lowest BCUT2D eigenvalue weighted by molar-refractivity contribution is 0.172. The highest BCUT2D eigenvalue weighted by molar-refractivity contribution is 9.10. The van der Waals surface area contributed by atoms with E-state index >= 15 is 0 Å². The molecule has 1 N–H and O–H groups in total. The molecule has 1 unspecified atom stereocenters. The van der Waals surface area contributed by atoms with E-state index in [2.05, 4.69) is 15.9 Å². The zero-order valence-corrected chi connectivity index (χ0v) is 13.4. The minimum Gasteiger partial charge on any atom is -0.496 e. The summed E-state index contributed by atoms with van der Waals surface area (Å²) in [4.78, 5) is 0. The van der Waals surface area contributed by atoms with Crippen LogP contribution in [0.4, 0.5) is 4.39 Å². The van der Waals surface area contributed by atoms with Crippen LogP contribution < -0.4 is 9.47 Å². The number of hydrogen-bond acceptors (Lipinski definition) is 3. The van der Waals surface area contributed by atoms with Crippen LogP contribution in [-0.2, 0) is 6.42 Å². The monoisotopic (exact) mass is 354 g/mol. The molecule has 0 saturated carbocycles. The van der Waals surface area contributed by atoms with Crippen LogP contribution in [0.1, 0.15) is 17.2 Å². The molecule has 0 aliphatic heterocycles. The van der Waals surface area contributed by atoms with Crippen molar-refractivity contribution in [3.63, 3.8) is 0 Å². The molecular weight excluding hydrogens is 339 g/mol. The van der Waals surface area contributed by atoms with Crippen molar-refractivity contribution in [2.24, 2.45) is 0 Å². The van der Waals surface area contributed by atoms with Crippen LogP contribution in [-0.4, -0.2) is 19.3 Å². The van der Waals surface area contributed by atoms with Gasteiger partial charge in [0.15, 0.2) is 0 Å². The molecule has 1 atom stereocenters. The summed E-state index contributed by atoms with van der Waals surface area (Å²) in [5, 5.41) is 10.4. The summed E-state index contributed by atoms with van der Waals surface area (Å²) in [6.07, 6.45) is -0.480. The zero-order valence-electron chi connectivity index (χ0n) is 11.8. The standard InChI is InChI=1S/C16H16BrFO3/c1-20-15-6-4-3-5-10(15)7-14(19)11-8-12(17)13(18)9-16(11)21-2/h3-6,8-9,14,19H,7H2,1-2H3. The molecule has 0 spiro atoms. The van der Waals surface area contributed by atoms with Crippen LogP contribution in [0.3, 0.4) is 0 Å². The number of halogens is 2. The number of aliphatic hydroxyl groups excluding tert-OH is 1. The normalized spacial score (nSPS) is 12.0. The average molecular weight is 355 g/mol. The van der Waals surface area contributed by atoms with Crippen molar-refractivity contribution in [1.29, 1.82) is 0 Å². The van der Waals surface area contributed by atoms with Crippen LogP contribution >= 0.6 is 15.9 Å². The van der Waals surface area contributed by atoms with E-state index in [9.17, 15) is 9.50 Å². The Hall–Kier alpha value is -1.59. The molecule has 0 bridgehead atoms. The van der Waals surface area contributed by atoms with Gasteiger partial charge in [-0.2, -0.15) is 0 Å². The third kappa shape index (κ3) is 3.54. The highest BCUT2D eigenvalue weighted by Gasteiger charge is 2.18. The Morgan fingerprint density at radius 2 is 1.81 bits per heavy atom. The van der Waals surface area contributed by atoms with E-state index in [1.165, 1.54) is 19.2 Å². The summed E-state index contributed by atoms with van der Waals surface area (Å²) in [5.74, 6) is 0.592. The number of aliphatic hydroxyl groups is 1. The van der Waals surface area contributed by atoms with E-state index in [1.807, 2.05) is 24.3 Å². The second kappa shape index (κ2) is 6.91. The summed E-state index contributed by atoms with van der Waals surface area (Å²) >= 11 is 3.12. The SMILES string of the molecule is COc1ccccc1CC(O)c1cc(Br)c(F)cc1OC. The van der Waals surface area contributed by atoms with E-state index in [0.717, 1.165) is 5.56 Å². The second-order valence-electron chi connectivity index (χ2n) is 4.54. The van der Waals surface area contributed by atoms with Crippen molar-refractivity contribution in [2.75, 3.05) is 14.2 Å². The Kier molecular flexibility index (Phi) is 5.20. The molecule has 2 aromatic carbocycles. The van der Waals surface area contributed by atoms with Gasteiger partial charge in [0, 0.05) is 18.1 Å². The fourth-order valence-electron chi connectivity index (χ4n) is 2.17. The molecule has 0 aliphatic rings. The van der Waals surface area contributed by atoms with Gasteiger partial charge in [-0.1, -0.05) is 18.2 Å². The average Bonchev–Trinajstić information content (AvgIpc) is 2.50. The van der Waals surface area contributed by atoms with Gasteiger partial charge in [-0.25, -0.2) is 4.39 Å². The molecule has 21 heavy (non-hydrogen) atoms. The van der Waals surface area contributed by atoms with Crippen LogP contribution in [0.15, 0.2) is 40.9 Å². The molecule has 0 amide bonds. The van der Waals surface area contributed by atoms with Gasteiger partial charge in [0.05, 0.1) is 24.8 Å². The lowest BCUT2D eigenvalue weighted by Gasteiger charge is -2.17. The van der Waals surface area contributed by atoms with Gasteiger partial charge >= 0.3 is 0 Å². The van der Waals surface area contributed by atoms with Crippen molar-refractivity contribution in [3.05, 3.63) is 57.8 Å². The third-order valence-electron chi connectivity index (χ3n) is 3.24. The highest BCUT2D eigenvalue weighted by Crippen LogP contribution is 2.33. The van der Waals surface area contributed by atoms with E-state index < -0.39 is 11.9 Å². The number of para-hydroxylation sites is 1. The van der Waals surface area contributed by atoms with Gasteiger partial charge in [-0.3, -0.25) is 0 Å². The first kappa shape index (κ1) is 15.8. The van der Waals surface area contributed by atoms with Crippen molar-refractivity contribution in [3.8, 4) is 11.5 Å².